The van der Waals surface area contributed by atoms with Crippen LogP contribution in [-0.2, 0) is 9.47 Å². The number of rotatable bonds is 6. The Kier molecular flexibility index (Phi) is 5.82. The van der Waals surface area contributed by atoms with Crippen molar-refractivity contribution in [2.75, 3.05) is 26.3 Å². The lowest BCUT2D eigenvalue weighted by atomic mass is 10.1. The van der Waals surface area contributed by atoms with Crippen LogP contribution < -0.4 is 0 Å². The van der Waals surface area contributed by atoms with Crippen molar-refractivity contribution in [1.29, 1.82) is 0 Å². The lowest BCUT2D eigenvalue weighted by molar-refractivity contribution is -0.163. The molecule has 2 atom stereocenters. The van der Waals surface area contributed by atoms with E-state index in [0.717, 1.165) is 38.3 Å². The second-order valence-electron chi connectivity index (χ2n) is 6.42. The van der Waals surface area contributed by atoms with Gasteiger partial charge in [-0.05, 0) is 64.1 Å². The van der Waals surface area contributed by atoms with Crippen molar-refractivity contribution >= 4 is 0 Å². The van der Waals surface area contributed by atoms with Crippen molar-refractivity contribution in [2.45, 2.75) is 57.8 Å². The van der Waals surface area contributed by atoms with Gasteiger partial charge in [0.15, 0.2) is 6.29 Å². The number of nitrogens with zero attached hydrogens (tertiary/aromatic N) is 2. The molecule has 2 aliphatic heterocycles. The highest BCUT2D eigenvalue weighted by molar-refractivity contribution is 5.14. The molecular weight excluding hydrogens is 276 g/mol. The number of aryl methyl sites for hydroxylation is 1. The van der Waals surface area contributed by atoms with Crippen molar-refractivity contribution in [3.05, 3.63) is 29.6 Å². The number of aromatic nitrogens is 1. The van der Waals surface area contributed by atoms with E-state index < -0.39 is 0 Å². The van der Waals surface area contributed by atoms with Crippen molar-refractivity contribution < 1.29 is 9.47 Å². The largest absolute Gasteiger partial charge is 0.353 e. The zero-order valence-electron chi connectivity index (χ0n) is 13.7. The van der Waals surface area contributed by atoms with Crippen molar-refractivity contribution in [1.82, 2.24) is 9.88 Å². The molecule has 0 N–H and O–H groups in total. The fourth-order valence-corrected chi connectivity index (χ4v) is 3.50. The standard InChI is InChI=1S/C18H28N2O2/c1-15-7-4-8-16(19-15)17-9-5-11-20(17)12-6-14-22-18-10-2-3-13-21-18/h4,7-8,17-18H,2-3,5-6,9-14H2,1H3. The summed E-state index contributed by atoms with van der Waals surface area (Å²) in [6.07, 6.45) is 7.08. The summed E-state index contributed by atoms with van der Waals surface area (Å²) < 4.78 is 11.4. The fraction of sp³-hybridized carbons (Fsp3) is 0.722. The minimum Gasteiger partial charge on any atom is -0.353 e. The molecule has 22 heavy (non-hydrogen) atoms. The van der Waals surface area contributed by atoms with Crippen molar-refractivity contribution in [3.63, 3.8) is 0 Å². The maximum absolute atomic E-state index is 5.84. The van der Waals surface area contributed by atoms with E-state index in [1.54, 1.807) is 0 Å². The van der Waals surface area contributed by atoms with Crippen molar-refractivity contribution in [2.24, 2.45) is 0 Å². The van der Waals surface area contributed by atoms with E-state index in [-0.39, 0.29) is 6.29 Å². The Hall–Kier alpha value is -0.970. The lowest BCUT2D eigenvalue weighted by Gasteiger charge is -2.26. The molecular formula is C18H28N2O2. The quantitative estimate of drug-likeness (QED) is 0.754. The predicted molar refractivity (Wildman–Crippen MR) is 86.7 cm³/mol. The summed E-state index contributed by atoms with van der Waals surface area (Å²) in [6, 6.07) is 6.85. The highest BCUT2D eigenvalue weighted by Gasteiger charge is 2.26. The van der Waals surface area contributed by atoms with Gasteiger partial charge in [-0.1, -0.05) is 6.07 Å². The molecule has 0 bridgehead atoms. The van der Waals surface area contributed by atoms with Gasteiger partial charge in [0.05, 0.1) is 18.3 Å². The van der Waals surface area contributed by atoms with Crippen LogP contribution in [0.2, 0.25) is 0 Å². The second kappa shape index (κ2) is 8.04. The smallest absolute Gasteiger partial charge is 0.157 e. The fourth-order valence-electron chi connectivity index (χ4n) is 3.50. The zero-order valence-corrected chi connectivity index (χ0v) is 13.7. The molecule has 2 unspecified atom stereocenters. The van der Waals surface area contributed by atoms with Crippen LogP contribution >= 0.6 is 0 Å². The van der Waals surface area contributed by atoms with Gasteiger partial charge in [0.25, 0.3) is 0 Å². The number of hydrogen-bond acceptors (Lipinski definition) is 4. The Morgan fingerprint density at radius 1 is 1.27 bits per heavy atom. The van der Waals surface area contributed by atoms with E-state index in [0.29, 0.717) is 6.04 Å². The van der Waals surface area contributed by atoms with Gasteiger partial charge in [-0.25, -0.2) is 0 Å². The first-order chi connectivity index (χ1) is 10.8. The Morgan fingerprint density at radius 3 is 3.05 bits per heavy atom. The monoisotopic (exact) mass is 304 g/mol. The molecule has 2 saturated heterocycles. The molecule has 1 aromatic heterocycles. The summed E-state index contributed by atoms with van der Waals surface area (Å²) in [5.41, 5.74) is 2.34. The predicted octanol–water partition coefficient (Wildman–Crippen LogP) is 3.46. The van der Waals surface area contributed by atoms with Crippen LogP contribution in [0.3, 0.4) is 0 Å². The summed E-state index contributed by atoms with van der Waals surface area (Å²) in [5.74, 6) is 0. The van der Waals surface area contributed by atoms with E-state index in [1.807, 2.05) is 0 Å². The van der Waals surface area contributed by atoms with Crippen LogP contribution in [0.1, 0.15) is 56.0 Å². The minimum atomic E-state index is 0.0431. The molecule has 0 amide bonds. The van der Waals surface area contributed by atoms with Gasteiger partial charge < -0.3 is 9.47 Å². The number of hydrogen-bond donors (Lipinski definition) is 0. The summed E-state index contributed by atoms with van der Waals surface area (Å²) in [7, 11) is 0. The van der Waals surface area contributed by atoms with Gasteiger partial charge in [-0.3, -0.25) is 9.88 Å². The number of ether oxygens (including phenoxy) is 2. The summed E-state index contributed by atoms with van der Waals surface area (Å²) in [5, 5.41) is 0. The van der Waals surface area contributed by atoms with Crippen LogP contribution in [0, 0.1) is 6.92 Å². The topological polar surface area (TPSA) is 34.6 Å². The lowest BCUT2D eigenvalue weighted by Crippen LogP contribution is -2.27. The molecule has 3 rings (SSSR count). The van der Waals surface area contributed by atoms with Crippen LogP contribution in [-0.4, -0.2) is 42.5 Å². The summed E-state index contributed by atoms with van der Waals surface area (Å²) in [6.45, 7) is 6.00. The van der Waals surface area contributed by atoms with Gasteiger partial charge in [-0.15, -0.1) is 0 Å². The molecule has 122 valence electrons. The molecule has 0 spiro atoms. The molecule has 2 fully saturated rings. The van der Waals surface area contributed by atoms with Gasteiger partial charge in [0.1, 0.15) is 0 Å². The number of pyridine rings is 1. The number of likely N-dealkylation sites (tertiary alicyclic amines) is 1. The summed E-state index contributed by atoms with van der Waals surface area (Å²) >= 11 is 0. The molecule has 4 nitrogen and oxygen atoms in total. The maximum Gasteiger partial charge on any atom is 0.157 e. The first kappa shape index (κ1) is 15.9. The zero-order chi connectivity index (χ0) is 15.2. The van der Waals surface area contributed by atoms with Crippen LogP contribution in [0.25, 0.3) is 0 Å². The molecule has 0 saturated carbocycles. The normalized spacial score (nSPS) is 26.4. The third kappa shape index (κ3) is 4.28. The van der Waals surface area contributed by atoms with Crippen molar-refractivity contribution in [3.8, 4) is 0 Å². The second-order valence-corrected chi connectivity index (χ2v) is 6.42. The first-order valence-corrected chi connectivity index (χ1v) is 8.74. The van der Waals surface area contributed by atoms with Crippen LogP contribution in [0.5, 0.6) is 0 Å². The van der Waals surface area contributed by atoms with E-state index in [4.69, 9.17) is 14.5 Å². The van der Waals surface area contributed by atoms with E-state index >= 15 is 0 Å². The van der Waals surface area contributed by atoms with Gasteiger partial charge in [0.2, 0.25) is 0 Å². The molecule has 0 aliphatic carbocycles. The van der Waals surface area contributed by atoms with Gasteiger partial charge in [-0.2, -0.15) is 0 Å². The Labute approximate surface area is 133 Å². The highest BCUT2D eigenvalue weighted by Crippen LogP contribution is 2.30. The Bertz CT molecular complexity index is 460. The molecule has 3 heterocycles. The minimum absolute atomic E-state index is 0.0431. The third-order valence-corrected chi connectivity index (χ3v) is 4.65. The average molecular weight is 304 g/mol. The first-order valence-electron chi connectivity index (χ1n) is 8.74. The third-order valence-electron chi connectivity index (χ3n) is 4.65. The van der Waals surface area contributed by atoms with Gasteiger partial charge >= 0.3 is 0 Å². The Balaban J connectivity index is 1.43. The van der Waals surface area contributed by atoms with Crippen LogP contribution in [0.15, 0.2) is 18.2 Å². The summed E-state index contributed by atoms with van der Waals surface area (Å²) in [4.78, 5) is 7.28. The molecule has 0 radical (unpaired) electrons. The van der Waals surface area contributed by atoms with E-state index in [2.05, 4.69) is 30.0 Å². The Morgan fingerprint density at radius 2 is 2.23 bits per heavy atom. The molecule has 4 heteroatoms. The molecule has 1 aromatic rings. The highest BCUT2D eigenvalue weighted by atomic mass is 16.7. The maximum atomic E-state index is 5.84. The van der Waals surface area contributed by atoms with Gasteiger partial charge in [0, 0.05) is 18.8 Å². The average Bonchev–Trinajstić information content (AvgIpc) is 3.01. The molecule has 0 aromatic carbocycles. The van der Waals surface area contributed by atoms with E-state index in [9.17, 15) is 0 Å². The van der Waals surface area contributed by atoms with E-state index in [1.165, 1.54) is 37.9 Å². The molecule has 2 aliphatic rings. The van der Waals surface area contributed by atoms with Crippen LogP contribution in [0.4, 0.5) is 0 Å². The SMILES string of the molecule is Cc1cccc(C2CCCN2CCCOC2CCCCO2)n1.